The van der Waals surface area contributed by atoms with Gasteiger partial charge in [-0.05, 0) is 56.2 Å². The number of benzene rings is 1. The molecule has 3 heteroatoms. The van der Waals surface area contributed by atoms with E-state index in [-0.39, 0.29) is 11.9 Å². The standard InChI is InChI=1S/C19H24N2O/c1-13(15-8-9-15)12-18(20-3)19(22)21-11-10-16-6-4-5-7-17(16)14(21)2/h4-7,12,14-15H,8-11H2,1-3H3/b13-12+,20-18?/t14-/m1/s1. The molecule has 0 aromatic heterocycles. The van der Waals surface area contributed by atoms with Gasteiger partial charge in [0.1, 0.15) is 5.71 Å². The van der Waals surface area contributed by atoms with Gasteiger partial charge < -0.3 is 4.90 Å². The number of allylic oxidation sites excluding steroid dienone is 1. The first-order valence-electron chi connectivity index (χ1n) is 8.15. The molecule has 116 valence electrons. The fourth-order valence-corrected chi connectivity index (χ4v) is 3.29. The molecule has 3 nitrogen and oxygen atoms in total. The molecule has 1 atom stereocenters. The molecular weight excluding hydrogens is 272 g/mol. The van der Waals surface area contributed by atoms with E-state index in [9.17, 15) is 4.79 Å². The molecule has 0 saturated heterocycles. The van der Waals surface area contributed by atoms with Gasteiger partial charge in [-0.15, -0.1) is 0 Å². The molecule has 1 fully saturated rings. The summed E-state index contributed by atoms with van der Waals surface area (Å²) in [6, 6.07) is 8.54. The smallest absolute Gasteiger partial charge is 0.272 e. The van der Waals surface area contributed by atoms with E-state index in [4.69, 9.17) is 0 Å². The third-order valence-corrected chi connectivity index (χ3v) is 4.90. The van der Waals surface area contributed by atoms with Gasteiger partial charge >= 0.3 is 0 Å². The van der Waals surface area contributed by atoms with Crippen molar-refractivity contribution in [1.29, 1.82) is 0 Å². The topological polar surface area (TPSA) is 32.7 Å². The summed E-state index contributed by atoms with van der Waals surface area (Å²) < 4.78 is 0. The van der Waals surface area contributed by atoms with Crippen LogP contribution in [-0.4, -0.2) is 30.1 Å². The number of amides is 1. The Bertz CT molecular complexity index is 641. The molecule has 0 bridgehead atoms. The van der Waals surface area contributed by atoms with Crippen LogP contribution in [0.1, 0.15) is 43.9 Å². The van der Waals surface area contributed by atoms with Gasteiger partial charge in [0, 0.05) is 13.6 Å². The summed E-state index contributed by atoms with van der Waals surface area (Å²) >= 11 is 0. The molecule has 1 aliphatic carbocycles. The Morgan fingerprint density at radius 1 is 1.32 bits per heavy atom. The van der Waals surface area contributed by atoms with Crippen LogP contribution in [0.3, 0.4) is 0 Å². The minimum atomic E-state index is 0.0597. The van der Waals surface area contributed by atoms with E-state index in [1.54, 1.807) is 7.05 Å². The SMILES string of the molecule is CN=C(/C=C(\C)C1CC1)C(=O)N1CCc2ccccc2[C@H]1C. The van der Waals surface area contributed by atoms with Crippen LogP contribution in [0.25, 0.3) is 0 Å². The molecule has 2 aliphatic rings. The van der Waals surface area contributed by atoms with Crippen molar-refractivity contribution in [3.63, 3.8) is 0 Å². The van der Waals surface area contributed by atoms with E-state index in [0.717, 1.165) is 13.0 Å². The van der Waals surface area contributed by atoms with E-state index in [0.29, 0.717) is 11.6 Å². The summed E-state index contributed by atoms with van der Waals surface area (Å²) in [4.78, 5) is 19.1. The quantitative estimate of drug-likeness (QED) is 0.785. The summed E-state index contributed by atoms with van der Waals surface area (Å²) in [6.45, 7) is 5.00. The van der Waals surface area contributed by atoms with Crippen LogP contribution in [0.15, 0.2) is 40.9 Å². The number of hydrogen-bond acceptors (Lipinski definition) is 2. The molecule has 1 aromatic rings. The Morgan fingerprint density at radius 2 is 2.05 bits per heavy atom. The van der Waals surface area contributed by atoms with Crippen LogP contribution in [0.2, 0.25) is 0 Å². The van der Waals surface area contributed by atoms with Gasteiger partial charge in [0.05, 0.1) is 6.04 Å². The fourth-order valence-electron chi connectivity index (χ4n) is 3.29. The zero-order valence-electron chi connectivity index (χ0n) is 13.7. The van der Waals surface area contributed by atoms with Gasteiger partial charge in [0.2, 0.25) is 0 Å². The van der Waals surface area contributed by atoms with Crippen molar-refractivity contribution in [2.24, 2.45) is 10.9 Å². The summed E-state index contributed by atoms with van der Waals surface area (Å²) in [6.07, 6.45) is 5.42. The maximum atomic E-state index is 12.9. The number of carbonyl (C=O) groups is 1. The Morgan fingerprint density at radius 3 is 2.73 bits per heavy atom. The van der Waals surface area contributed by atoms with Gasteiger partial charge in [-0.3, -0.25) is 9.79 Å². The average Bonchev–Trinajstić information content (AvgIpc) is 3.37. The summed E-state index contributed by atoms with van der Waals surface area (Å²) in [7, 11) is 1.71. The predicted molar refractivity (Wildman–Crippen MR) is 90.1 cm³/mol. The lowest BCUT2D eigenvalue weighted by molar-refractivity contribution is -0.126. The number of hydrogen-bond donors (Lipinski definition) is 0. The van der Waals surface area contributed by atoms with Crippen LogP contribution in [0.4, 0.5) is 0 Å². The molecule has 1 amide bonds. The van der Waals surface area contributed by atoms with Crippen molar-refractivity contribution in [3.05, 3.63) is 47.0 Å². The molecule has 0 spiro atoms. The molecule has 22 heavy (non-hydrogen) atoms. The van der Waals surface area contributed by atoms with Crippen LogP contribution in [-0.2, 0) is 11.2 Å². The summed E-state index contributed by atoms with van der Waals surface area (Å²) in [5.74, 6) is 0.730. The van der Waals surface area contributed by atoms with Gasteiger partial charge in [0.15, 0.2) is 0 Å². The highest BCUT2D eigenvalue weighted by Crippen LogP contribution is 2.36. The molecule has 0 radical (unpaired) electrons. The fraction of sp³-hybridized carbons (Fsp3) is 0.474. The second-order valence-corrected chi connectivity index (χ2v) is 6.39. The van der Waals surface area contributed by atoms with Crippen molar-refractivity contribution < 1.29 is 4.79 Å². The molecule has 0 N–H and O–H groups in total. The Balaban J connectivity index is 1.81. The lowest BCUT2D eigenvalue weighted by Crippen LogP contribution is -2.42. The number of rotatable bonds is 3. The number of fused-ring (bicyclic) bond motifs is 1. The minimum absolute atomic E-state index is 0.0597. The maximum Gasteiger partial charge on any atom is 0.272 e. The zero-order valence-corrected chi connectivity index (χ0v) is 13.7. The highest BCUT2D eigenvalue weighted by molar-refractivity contribution is 6.43. The monoisotopic (exact) mass is 296 g/mol. The predicted octanol–water partition coefficient (Wildman–Crippen LogP) is 3.56. The van der Waals surface area contributed by atoms with E-state index in [1.165, 1.54) is 29.5 Å². The highest BCUT2D eigenvalue weighted by atomic mass is 16.2. The van der Waals surface area contributed by atoms with Gasteiger partial charge in [-0.2, -0.15) is 0 Å². The van der Waals surface area contributed by atoms with Crippen LogP contribution in [0, 0.1) is 5.92 Å². The second kappa shape index (κ2) is 6.07. The van der Waals surface area contributed by atoms with Crippen molar-refractivity contribution >= 4 is 11.6 Å². The summed E-state index contributed by atoms with van der Waals surface area (Å²) in [5.41, 5.74) is 4.51. The van der Waals surface area contributed by atoms with Crippen LogP contribution in [0.5, 0.6) is 0 Å². The normalized spacial score (nSPS) is 22.5. The number of carbonyl (C=O) groups excluding carboxylic acids is 1. The highest BCUT2D eigenvalue weighted by Gasteiger charge is 2.30. The Kier molecular flexibility index (Phi) is 4.14. The number of nitrogens with zero attached hydrogens (tertiary/aromatic N) is 2. The van der Waals surface area contributed by atoms with Gasteiger partial charge in [0.25, 0.3) is 5.91 Å². The Hall–Kier alpha value is -1.90. The van der Waals surface area contributed by atoms with E-state index >= 15 is 0 Å². The Labute approximate surface area is 132 Å². The first-order chi connectivity index (χ1) is 10.6. The van der Waals surface area contributed by atoms with Gasteiger partial charge in [-0.1, -0.05) is 29.8 Å². The molecule has 1 aliphatic heterocycles. The molecule has 1 aromatic carbocycles. The first kappa shape index (κ1) is 15.0. The zero-order chi connectivity index (χ0) is 15.7. The molecule has 1 heterocycles. The molecule has 1 saturated carbocycles. The van der Waals surface area contributed by atoms with Gasteiger partial charge in [-0.25, -0.2) is 0 Å². The van der Waals surface area contributed by atoms with E-state index < -0.39 is 0 Å². The first-order valence-corrected chi connectivity index (χ1v) is 8.15. The van der Waals surface area contributed by atoms with Crippen LogP contribution >= 0.6 is 0 Å². The van der Waals surface area contributed by atoms with Crippen molar-refractivity contribution in [2.75, 3.05) is 13.6 Å². The molecular formula is C19H24N2O. The number of aliphatic imine (C=N–C) groups is 1. The largest absolute Gasteiger partial charge is 0.330 e. The molecule has 3 rings (SSSR count). The maximum absolute atomic E-state index is 12.9. The second-order valence-electron chi connectivity index (χ2n) is 6.39. The minimum Gasteiger partial charge on any atom is -0.330 e. The van der Waals surface area contributed by atoms with Crippen molar-refractivity contribution in [2.45, 2.75) is 39.2 Å². The third-order valence-electron chi connectivity index (χ3n) is 4.90. The lowest BCUT2D eigenvalue weighted by atomic mass is 9.93. The molecule has 0 unspecified atom stereocenters. The van der Waals surface area contributed by atoms with Crippen molar-refractivity contribution in [3.8, 4) is 0 Å². The average molecular weight is 296 g/mol. The van der Waals surface area contributed by atoms with Crippen molar-refractivity contribution in [1.82, 2.24) is 4.90 Å². The summed E-state index contributed by atoms with van der Waals surface area (Å²) in [5, 5.41) is 0. The van der Waals surface area contributed by atoms with Crippen LogP contribution < -0.4 is 0 Å². The van der Waals surface area contributed by atoms with E-state index in [1.807, 2.05) is 11.0 Å². The third kappa shape index (κ3) is 2.85. The van der Waals surface area contributed by atoms with E-state index in [2.05, 4.69) is 43.1 Å². The lowest BCUT2D eigenvalue weighted by Gasteiger charge is -2.35.